The highest BCUT2D eigenvalue weighted by atomic mass is 79.9. The van der Waals surface area contributed by atoms with Crippen molar-refractivity contribution in [1.29, 1.82) is 0 Å². The Morgan fingerprint density at radius 1 is 1.27 bits per heavy atom. The first-order chi connectivity index (χ1) is 14.3. The number of hydrogen-bond donors (Lipinski definition) is 0. The van der Waals surface area contributed by atoms with E-state index in [9.17, 15) is 9.59 Å². The van der Waals surface area contributed by atoms with Crippen molar-refractivity contribution >= 4 is 45.2 Å². The number of rotatable bonds is 6. The normalized spacial score (nSPS) is 12.3. The lowest BCUT2D eigenvalue weighted by Gasteiger charge is -2.11. The van der Waals surface area contributed by atoms with Crippen LogP contribution in [0.3, 0.4) is 0 Å². The van der Waals surface area contributed by atoms with Gasteiger partial charge in [0.2, 0.25) is 0 Å². The number of nitrogens with zero attached hydrogens (tertiary/aromatic N) is 1. The van der Waals surface area contributed by atoms with Crippen LogP contribution >= 0.6 is 27.3 Å². The fraction of sp³-hybridized carbons (Fsp3) is 0.217. The fourth-order valence-corrected chi connectivity index (χ4v) is 4.68. The predicted octanol–water partition coefficient (Wildman–Crippen LogP) is 3.42. The highest BCUT2D eigenvalue weighted by Gasteiger charge is 2.11. The summed E-state index contributed by atoms with van der Waals surface area (Å²) in [6, 6.07) is 11.1. The molecule has 0 aliphatic carbocycles. The Morgan fingerprint density at radius 3 is 2.67 bits per heavy atom. The Kier molecular flexibility index (Phi) is 6.95. The molecule has 0 radical (unpaired) electrons. The number of halogens is 1. The summed E-state index contributed by atoms with van der Waals surface area (Å²) < 4.78 is 14.4. The largest absolute Gasteiger partial charge is 0.492 e. The van der Waals surface area contributed by atoms with Crippen LogP contribution in [0.15, 0.2) is 45.7 Å². The van der Waals surface area contributed by atoms with E-state index in [2.05, 4.69) is 15.9 Å². The summed E-state index contributed by atoms with van der Waals surface area (Å²) in [6.07, 6.45) is 3.30. The molecule has 7 heteroatoms. The van der Waals surface area contributed by atoms with Gasteiger partial charge < -0.3 is 14.0 Å². The van der Waals surface area contributed by atoms with Crippen LogP contribution in [0.25, 0.3) is 12.2 Å². The molecule has 0 bridgehead atoms. The summed E-state index contributed by atoms with van der Waals surface area (Å²) in [5.74, 6) is 1.07. The van der Waals surface area contributed by atoms with E-state index in [0.717, 1.165) is 15.6 Å². The molecule has 2 aromatic carbocycles. The maximum absolute atomic E-state index is 12.7. The number of thiazole rings is 1. The minimum Gasteiger partial charge on any atom is -0.492 e. The zero-order valence-electron chi connectivity index (χ0n) is 17.2. The molecule has 0 spiro atoms. The highest BCUT2D eigenvalue weighted by molar-refractivity contribution is 9.10. The number of carbonyl (C=O) groups is 1. The number of ether oxygens (including phenoxy) is 2. The fourth-order valence-electron chi connectivity index (χ4n) is 3.03. The zero-order valence-corrected chi connectivity index (χ0v) is 19.6. The van der Waals surface area contributed by atoms with Gasteiger partial charge in [0.1, 0.15) is 4.66 Å². The van der Waals surface area contributed by atoms with E-state index in [1.807, 2.05) is 44.2 Å². The molecule has 0 fully saturated rings. The van der Waals surface area contributed by atoms with Crippen molar-refractivity contribution in [2.45, 2.75) is 13.8 Å². The van der Waals surface area contributed by atoms with E-state index in [1.54, 1.807) is 26.3 Å². The number of aromatic nitrogens is 1. The van der Waals surface area contributed by atoms with E-state index >= 15 is 0 Å². The Morgan fingerprint density at radius 2 is 2.00 bits per heavy atom. The van der Waals surface area contributed by atoms with Crippen LogP contribution in [0.4, 0.5) is 0 Å². The van der Waals surface area contributed by atoms with Crippen LogP contribution in [-0.2, 0) is 7.05 Å². The summed E-state index contributed by atoms with van der Waals surface area (Å²) in [5.41, 5.74) is 2.17. The van der Waals surface area contributed by atoms with Crippen molar-refractivity contribution in [1.82, 2.24) is 4.57 Å². The lowest BCUT2D eigenvalue weighted by atomic mass is 10.1. The molecule has 1 aromatic heterocycles. The Hall–Kier alpha value is -2.64. The van der Waals surface area contributed by atoms with E-state index < -0.39 is 0 Å². The lowest BCUT2D eigenvalue weighted by Crippen LogP contribution is -2.29. The lowest BCUT2D eigenvalue weighted by molar-refractivity contribution is 0.106. The molecule has 0 N–H and O–H groups in total. The number of aryl methyl sites for hydroxylation is 1. The van der Waals surface area contributed by atoms with Crippen molar-refractivity contribution in [3.63, 3.8) is 0 Å². The number of ketones is 1. The van der Waals surface area contributed by atoms with E-state index in [4.69, 9.17) is 9.47 Å². The van der Waals surface area contributed by atoms with E-state index in [0.29, 0.717) is 32.9 Å². The predicted molar refractivity (Wildman–Crippen MR) is 124 cm³/mol. The molecule has 0 saturated carbocycles. The molecule has 3 aromatic rings. The molecule has 0 saturated heterocycles. The molecule has 156 valence electrons. The molecule has 0 amide bonds. The van der Waals surface area contributed by atoms with Gasteiger partial charge in [-0.15, -0.1) is 11.3 Å². The Labute approximate surface area is 187 Å². The van der Waals surface area contributed by atoms with Gasteiger partial charge in [0, 0.05) is 18.7 Å². The number of Topliss-reactive ketones (excluding diaryl/α,β-unsaturated/α-hetero) is 1. The van der Waals surface area contributed by atoms with Crippen LogP contribution in [0, 0.1) is 6.92 Å². The Bertz CT molecular complexity index is 1270. The minimum absolute atomic E-state index is 0.123. The topological polar surface area (TPSA) is 57.5 Å². The smallest absolute Gasteiger partial charge is 0.268 e. The second-order valence-corrected chi connectivity index (χ2v) is 8.52. The molecule has 3 rings (SSSR count). The van der Waals surface area contributed by atoms with Crippen LogP contribution in [0.2, 0.25) is 0 Å². The van der Waals surface area contributed by atoms with Crippen LogP contribution in [-0.4, -0.2) is 24.1 Å². The number of hydrogen-bond acceptors (Lipinski definition) is 5. The average Bonchev–Trinajstić information content (AvgIpc) is 2.96. The third-order valence-electron chi connectivity index (χ3n) is 4.56. The number of methoxy groups -OCH3 is 1. The van der Waals surface area contributed by atoms with Crippen LogP contribution in [0.5, 0.6) is 11.5 Å². The first-order valence-corrected chi connectivity index (χ1v) is 11.0. The van der Waals surface area contributed by atoms with Gasteiger partial charge in [-0.1, -0.05) is 24.3 Å². The maximum Gasteiger partial charge on any atom is 0.268 e. The quantitative estimate of drug-likeness (QED) is 0.499. The zero-order chi connectivity index (χ0) is 21.8. The monoisotopic (exact) mass is 487 g/mol. The van der Waals surface area contributed by atoms with Gasteiger partial charge in [-0.3, -0.25) is 9.59 Å². The first-order valence-electron chi connectivity index (χ1n) is 9.35. The molecular weight excluding hydrogens is 466 g/mol. The summed E-state index contributed by atoms with van der Waals surface area (Å²) in [4.78, 5) is 25.4. The van der Waals surface area contributed by atoms with E-state index in [1.165, 1.54) is 22.0 Å². The summed E-state index contributed by atoms with van der Waals surface area (Å²) in [7, 11) is 3.25. The Balaban J connectivity index is 2.10. The summed E-state index contributed by atoms with van der Waals surface area (Å²) >= 11 is 4.77. The highest BCUT2D eigenvalue weighted by Crippen LogP contribution is 2.36. The summed E-state index contributed by atoms with van der Waals surface area (Å²) in [6.45, 7) is 4.28. The van der Waals surface area contributed by atoms with Gasteiger partial charge >= 0.3 is 0 Å². The standard InChI is InChI=1S/C23H22BrNO4S/c1-5-29-19-11-15(10-17(24)22(19)28-4)12-20-23(27)25(3)21(30-20)13-18(26)16-9-7-6-8-14(16)2/h6-13H,5H2,1-4H3/b20-12+,21-13-. The molecule has 1 heterocycles. The third-order valence-corrected chi connectivity index (χ3v) is 6.26. The molecule has 0 unspecified atom stereocenters. The van der Waals surface area contributed by atoms with Gasteiger partial charge in [-0.2, -0.15) is 0 Å². The molecule has 5 nitrogen and oxygen atoms in total. The molecule has 30 heavy (non-hydrogen) atoms. The van der Waals surface area contributed by atoms with Crippen molar-refractivity contribution in [2.75, 3.05) is 13.7 Å². The summed E-state index contributed by atoms with van der Waals surface area (Å²) in [5, 5.41) is 0. The van der Waals surface area contributed by atoms with Gasteiger partial charge in [0.25, 0.3) is 5.56 Å². The van der Waals surface area contributed by atoms with E-state index in [-0.39, 0.29) is 11.3 Å². The second kappa shape index (κ2) is 9.45. The molecule has 0 aliphatic rings. The molecular formula is C23H22BrNO4S. The van der Waals surface area contributed by atoms with Crippen molar-refractivity contribution < 1.29 is 14.3 Å². The van der Waals surface area contributed by atoms with Crippen LogP contribution in [0.1, 0.15) is 28.4 Å². The van der Waals surface area contributed by atoms with Crippen molar-refractivity contribution in [3.05, 3.63) is 77.1 Å². The SMILES string of the molecule is CCOc1cc(/C=c2/s/c(=C\C(=O)c3ccccc3C)n(C)c2=O)cc(Br)c1OC. The van der Waals surface area contributed by atoms with Crippen molar-refractivity contribution in [2.24, 2.45) is 7.05 Å². The first kappa shape index (κ1) is 22.1. The number of benzene rings is 2. The maximum atomic E-state index is 12.7. The van der Waals surface area contributed by atoms with Gasteiger partial charge in [0.15, 0.2) is 17.3 Å². The van der Waals surface area contributed by atoms with Crippen LogP contribution < -0.4 is 24.2 Å². The minimum atomic E-state index is -0.159. The van der Waals surface area contributed by atoms with Gasteiger partial charge in [0.05, 0.1) is 22.7 Å². The number of carbonyl (C=O) groups excluding carboxylic acids is 1. The third kappa shape index (κ3) is 4.57. The second-order valence-electron chi connectivity index (χ2n) is 6.60. The van der Waals surface area contributed by atoms with Crippen molar-refractivity contribution in [3.8, 4) is 11.5 Å². The molecule has 0 atom stereocenters. The molecule has 0 aliphatic heterocycles. The van der Waals surface area contributed by atoms with Gasteiger partial charge in [-0.25, -0.2) is 0 Å². The van der Waals surface area contributed by atoms with Gasteiger partial charge in [-0.05, 0) is 59.1 Å². The average molecular weight is 488 g/mol.